The molecule has 2 aliphatic rings. The number of halogens is 1. The summed E-state index contributed by atoms with van der Waals surface area (Å²) < 4.78 is 6.23. The van der Waals surface area contributed by atoms with E-state index in [2.05, 4.69) is 21.2 Å². The zero-order valence-corrected chi connectivity index (χ0v) is 12.4. The van der Waals surface area contributed by atoms with Crippen molar-refractivity contribution in [2.75, 3.05) is 33.3 Å². The van der Waals surface area contributed by atoms with Gasteiger partial charge in [-0.15, -0.1) is 0 Å². The van der Waals surface area contributed by atoms with Crippen molar-refractivity contribution in [1.29, 1.82) is 0 Å². The van der Waals surface area contributed by atoms with Crippen molar-refractivity contribution in [3.8, 4) is 5.75 Å². The van der Waals surface area contributed by atoms with Gasteiger partial charge in [0.05, 0.1) is 12.7 Å². The Morgan fingerprint density at radius 1 is 1.37 bits per heavy atom. The summed E-state index contributed by atoms with van der Waals surface area (Å²) in [6, 6.07) is 5.55. The number of hydrogen-bond donors (Lipinski definition) is 1. The minimum absolute atomic E-state index is 0.0822. The van der Waals surface area contributed by atoms with Crippen molar-refractivity contribution < 1.29 is 9.53 Å². The Balaban J connectivity index is 1.81. The lowest BCUT2D eigenvalue weighted by Gasteiger charge is -2.19. The molecule has 0 radical (unpaired) electrons. The Bertz CT molecular complexity index is 494. The molecule has 0 aliphatic carbocycles. The lowest BCUT2D eigenvalue weighted by molar-refractivity contribution is 0.0778. The number of ether oxygens (including phenoxy) is 1. The molecule has 2 atom stereocenters. The monoisotopic (exact) mass is 324 g/mol. The summed E-state index contributed by atoms with van der Waals surface area (Å²) in [7, 11) is 1.60. The number of benzene rings is 1. The molecular weight excluding hydrogens is 308 g/mol. The van der Waals surface area contributed by atoms with Crippen LogP contribution in [0, 0.1) is 11.8 Å². The number of rotatable bonds is 2. The van der Waals surface area contributed by atoms with E-state index < -0.39 is 0 Å². The van der Waals surface area contributed by atoms with Crippen LogP contribution in [0.2, 0.25) is 0 Å². The Hall–Kier alpha value is -1.07. The first-order valence-corrected chi connectivity index (χ1v) is 7.32. The van der Waals surface area contributed by atoms with Crippen molar-refractivity contribution in [1.82, 2.24) is 10.2 Å². The van der Waals surface area contributed by atoms with Gasteiger partial charge < -0.3 is 15.0 Å². The van der Waals surface area contributed by atoms with E-state index in [9.17, 15) is 4.79 Å². The van der Waals surface area contributed by atoms with Crippen LogP contribution in [0.1, 0.15) is 10.4 Å². The quantitative estimate of drug-likeness (QED) is 0.901. The molecule has 0 spiro atoms. The first kappa shape index (κ1) is 12.9. The molecular formula is C14H17BrN2O2. The lowest BCUT2D eigenvalue weighted by atomic mass is 10.0. The van der Waals surface area contributed by atoms with E-state index in [1.807, 2.05) is 23.1 Å². The molecule has 2 fully saturated rings. The van der Waals surface area contributed by atoms with E-state index >= 15 is 0 Å². The fraction of sp³-hybridized carbons (Fsp3) is 0.500. The highest BCUT2D eigenvalue weighted by molar-refractivity contribution is 9.10. The summed E-state index contributed by atoms with van der Waals surface area (Å²) in [5.74, 6) is 1.95. The fourth-order valence-electron chi connectivity index (χ4n) is 3.03. The number of likely N-dealkylation sites (tertiary alicyclic amines) is 1. The number of methoxy groups -OCH3 is 1. The maximum Gasteiger partial charge on any atom is 0.257 e. The van der Waals surface area contributed by atoms with E-state index in [1.54, 1.807) is 7.11 Å². The average Bonchev–Trinajstić information content (AvgIpc) is 2.98. The molecule has 1 amide bonds. The van der Waals surface area contributed by atoms with Gasteiger partial charge in [0.2, 0.25) is 0 Å². The van der Waals surface area contributed by atoms with Crippen molar-refractivity contribution in [2.24, 2.45) is 11.8 Å². The van der Waals surface area contributed by atoms with Gasteiger partial charge >= 0.3 is 0 Å². The van der Waals surface area contributed by atoms with Crippen molar-refractivity contribution in [3.05, 3.63) is 28.2 Å². The predicted octanol–water partition coefficient (Wildman–Crippen LogP) is 1.75. The van der Waals surface area contributed by atoms with E-state index in [0.29, 0.717) is 23.1 Å². The van der Waals surface area contributed by atoms with Crippen LogP contribution < -0.4 is 10.1 Å². The minimum Gasteiger partial charge on any atom is -0.496 e. The molecule has 1 N–H and O–H groups in total. The highest BCUT2D eigenvalue weighted by Gasteiger charge is 2.38. The SMILES string of the molecule is COc1cc(Br)ccc1C(=O)N1C[C@H]2CNC[C@H]2C1. The summed E-state index contributed by atoms with van der Waals surface area (Å²) in [4.78, 5) is 14.5. The van der Waals surface area contributed by atoms with Gasteiger partial charge in [0.1, 0.15) is 5.75 Å². The molecule has 19 heavy (non-hydrogen) atoms. The van der Waals surface area contributed by atoms with Crippen LogP contribution in [0.15, 0.2) is 22.7 Å². The summed E-state index contributed by atoms with van der Waals surface area (Å²) in [5, 5.41) is 3.38. The van der Waals surface area contributed by atoms with Gasteiger partial charge in [-0.3, -0.25) is 4.79 Å². The minimum atomic E-state index is 0.0822. The first-order chi connectivity index (χ1) is 9.19. The van der Waals surface area contributed by atoms with E-state index in [-0.39, 0.29) is 5.91 Å². The molecule has 5 heteroatoms. The Labute approximate surface area is 121 Å². The molecule has 0 bridgehead atoms. The van der Waals surface area contributed by atoms with Gasteiger partial charge in [0.25, 0.3) is 5.91 Å². The normalized spacial score (nSPS) is 25.5. The molecule has 2 aliphatic heterocycles. The number of carbonyl (C=O) groups excluding carboxylic acids is 1. The van der Waals surface area contributed by atoms with Crippen LogP contribution in [0.4, 0.5) is 0 Å². The van der Waals surface area contributed by atoms with Crippen LogP contribution in [0.25, 0.3) is 0 Å². The third-order valence-corrected chi connectivity index (χ3v) is 4.56. The molecule has 0 saturated carbocycles. The highest BCUT2D eigenvalue weighted by Crippen LogP contribution is 2.30. The molecule has 3 rings (SSSR count). The van der Waals surface area contributed by atoms with Gasteiger partial charge in [0.15, 0.2) is 0 Å². The lowest BCUT2D eigenvalue weighted by Crippen LogP contribution is -2.32. The summed E-state index contributed by atoms with van der Waals surface area (Å²) in [6.07, 6.45) is 0. The molecule has 1 aromatic carbocycles. The second-order valence-electron chi connectivity index (χ2n) is 5.23. The van der Waals surface area contributed by atoms with E-state index in [1.165, 1.54) is 0 Å². The standard InChI is InChI=1S/C14H17BrN2O2/c1-19-13-4-11(15)2-3-12(13)14(18)17-7-9-5-16-6-10(9)8-17/h2-4,9-10,16H,5-8H2,1H3/t9-,10+. The number of hydrogen-bond acceptors (Lipinski definition) is 3. The number of amides is 1. The zero-order valence-electron chi connectivity index (χ0n) is 10.9. The third kappa shape index (κ3) is 2.37. The summed E-state index contributed by atoms with van der Waals surface area (Å²) >= 11 is 3.40. The van der Waals surface area contributed by atoms with Crippen LogP contribution in [-0.4, -0.2) is 44.1 Å². The molecule has 0 unspecified atom stereocenters. The molecule has 2 heterocycles. The van der Waals surface area contributed by atoms with Crippen molar-refractivity contribution >= 4 is 21.8 Å². The molecule has 102 valence electrons. The van der Waals surface area contributed by atoms with Crippen LogP contribution in [0.5, 0.6) is 5.75 Å². The number of fused-ring (bicyclic) bond motifs is 1. The first-order valence-electron chi connectivity index (χ1n) is 6.52. The van der Waals surface area contributed by atoms with Crippen molar-refractivity contribution in [3.63, 3.8) is 0 Å². The Morgan fingerprint density at radius 3 is 2.68 bits per heavy atom. The van der Waals surface area contributed by atoms with Gasteiger partial charge in [-0.05, 0) is 30.0 Å². The zero-order chi connectivity index (χ0) is 13.4. The second kappa shape index (κ2) is 5.13. The molecule has 2 saturated heterocycles. The smallest absolute Gasteiger partial charge is 0.257 e. The third-order valence-electron chi connectivity index (χ3n) is 4.07. The maximum absolute atomic E-state index is 12.6. The van der Waals surface area contributed by atoms with Crippen LogP contribution in [0.3, 0.4) is 0 Å². The summed E-state index contributed by atoms with van der Waals surface area (Å²) in [5.41, 5.74) is 0.652. The fourth-order valence-corrected chi connectivity index (χ4v) is 3.37. The van der Waals surface area contributed by atoms with Gasteiger partial charge in [-0.2, -0.15) is 0 Å². The Kier molecular flexibility index (Phi) is 3.50. The molecule has 4 nitrogen and oxygen atoms in total. The highest BCUT2D eigenvalue weighted by atomic mass is 79.9. The van der Waals surface area contributed by atoms with E-state index in [4.69, 9.17) is 4.74 Å². The maximum atomic E-state index is 12.6. The average molecular weight is 325 g/mol. The van der Waals surface area contributed by atoms with Gasteiger partial charge in [-0.25, -0.2) is 0 Å². The van der Waals surface area contributed by atoms with Crippen LogP contribution in [-0.2, 0) is 0 Å². The Morgan fingerprint density at radius 2 is 2.05 bits per heavy atom. The number of nitrogens with one attached hydrogen (secondary N) is 1. The van der Waals surface area contributed by atoms with Crippen LogP contribution >= 0.6 is 15.9 Å². The molecule has 1 aromatic rings. The van der Waals surface area contributed by atoms with Gasteiger partial charge in [0, 0.05) is 30.7 Å². The topological polar surface area (TPSA) is 41.6 Å². The second-order valence-corrected chi connectivity index (χ2v) is 6.15. The summed E-state index contributed by atoms with van der Waals surface area (Å²) in [6.45, 7) is 3.78. The molecule has 0 aromatic heterocycles. The van der Waals surface area contributed by atoms with E-state index in [0.717, 1.165) is 30.7 Å². The predicted molar refractivity (Wildman–Crippen MR) is 76.4 cm³/mol. The number of carbonyl (C=O) groups is 1. The number of nitrogens with zero attached hydrogens (tertiary/aromatic N) is 1. The largest absolute Gasteiger partial charge is 0.496 e. The van der Waals surface area contributed by atoms with Crippen molar-refractivity contribution in [2.45, 2.75) is 0 Å². The van der Waals surface area contributed by atoms with Gasteiger partial charge in [-0.1, -0.05) is 15.9 Å².